The average Bonchev–Trinajstić information content (AvgIpc) is 2.80. The maximum atomic E-state index is 11.0. The van der Waals surface area contributed by atoms with E-state index in [-0.39, 0.29) is 0 Å². The first-order chi connectivity index (χ1) is 14.7. The lowest BCUT2D eigenvalue weighted by molar-refractivity contribution is 0.0697. The second-order valence-corrected chi connectivity index (χ2v) is 6.86. The van der Waals surface area contributed by atoms with Gasteiger partial charge in [-0.2, -0.15) is 0 Å². The molecule has 146 valence electrons. The van der Waals surface area contributed by atoms with Crippen molar-refractivity contribution >= 4 is 35.2 Å². The van der Waals surface area contributed by atoms with Crippen LogP contribution >= 0.6 is 0 Å². The van der Waals surface area contributed by atoms with Crippen LogP contribution in [0.1, 0.15) is 21.5 Å². The Bertz CT molecular complexity index is 1090. The zero-order valence-corrected chi connectivity index (χ0v) is 16.3. The third-order valence-electron chi connectivity index (χ3n) is 4.81. The molecule has 4 rings (SSSR count). The first-order valence-corrected chi connectivity index (χ1v) is 9.72. The molecule has 0 radical (unpaired) electrons. The Morgan fingerprint density at radius 3 is 1.40 bits per heavy atom. The molecule has 0 fully saturated rings. The van der Waals surface area contributed by atoms with Crippen molar-refractivity contribution in [3.05, 3.63) is 126 Å². The summed E-state index contributed by atoms with van der Waals surface area (Å²) in [5, 5.41) is 9.00. The Morgan fingerprint density at radius 1 is 0.567 bits per heavy atom. The molecule has 0 aliphatic rings. The molecule has 0 saturated carbocycles. The van der Waals surface area contributed by atoms with Crippen molar-refractivity contribution < 1.29 is 9.90 Å². The van der Waals surface area contributed by atoms with Gasteiger partial charge in [-0.1, -0.05) is 72.8 Å². The van der Waals surface area contributed by atoms with Gasteiger partial charge >= 0.3 is 5.97 Å². The van der Waals surface area contributed by atoms with Crippen LogP contribution in [0.15, 0.2) is 109 Å². The molecule has 0 aromatic heterocycles. The first kappa shape index (κ1) is 19.2. The van der Waals surface area contributed by atoms with E-state index in [9.17, 15) is 4.79 Å². The van der Waals surface area contributed by atoms with Crippen molar-refractivity contribution in [1.82, 2.24) is 0 Å². The largest absolute Gasteiger partial charge is 0.478 e. The van der Waals surface area contributed by atoms with Gasteiger partial charge in [-0.15, -0.1) is 0 Å². The van der Waals surface area contributed by atoms with E-state index in [1.807, 2.05) is 48.6 Å². The van der Waals surface area contributed by atoms with Crippen LogP contribution in [0.4, 0.5) is 17.1 Å². The smallest absolute Gasteiger partial charge is 0.335 e. The second-order valence-electron chi connectivity index (χ2n) is 6.86. The van der Waals surface area contributed by atoms with E-state index in [0.29, 0.717) is 5.56 Å². The number of para-hydroxylation sites is 2. The first-order valence-electron chi connectivity index (χ1n) is 9.72. The third-order valence-corrected chi connectivity index (χ3v) is 4.81. The average molecular weight is 391 g/mol. The van der Waals surface area contributed by atoms with E-state index in [1.165, 1.54) is 0 Å². The highest BCUT2D eigenvalue weighted by atomic mass is 16.4. The SMILES string of the molecule is O=C(O)c1ccc(C=Cc2ccc(N(c3ccccc3)c3ccccc3)cc2)cc1. The summed E-state index contributed by atoms with van der Waals surface area (Å²) in [4.78, 5) is 13.2. The number of rotatable bonds is 6. The Hall–Kier alpha value is -4.11. The summed E-state index contributed by atoms with van der Waals surface area (Å²) in [5.41, 5.74) is 5.60. The van der Waals surface area contributed by atoms with Gasteiger partial charge in [0.25, 0.3) is 0 Å². The van der Waals surface area contributed by atoms with Crippen molar-refractivity contribution in [2.24, 2.45) is 0 Å². The molecule has 0 aliphatic heterocycles. The molecule has 0 heterocycles. The molecule has 30 heavy (non-hydrogen) atoms. The highest BCUT2D eigenvalue weighted by Crippen LogP contribution is 2.34. The van der Waals surface area contributed by atoms with E-state index in [2.05, 4.69) is 53.4 Å². The Balaban J connectivity index is 1.58. The summed E-state index contributed by atoms with van der Waals surface area (Å²) in [6, 6.07) is 35.8. The highest BCUT2D eigenvalue weighted by Gasteiger charge is 2.11. The third kappa shape index (κ3) is 4.47. The molecule has 1 N–H and O–H groups in total. The van der Waals surface area contributed by atoms with Crippen LogP contribution < -0.4 is 4.90 Å². The summed E-state index contributed by atoms with van der Waals surface area (Å²) in [7, 11) is 0. The van der Waals surface area contributed by atoms with Crippen LogP contribution in [-0.4, -0.2) is 11.1 Å². The van der Waals surface area contributed by atoms with Gasteiger partial charge in [0.1, 0.15) is 0 Å². The lowest BCUT2D eigenvalue weighted by Crippen LogP contribution is -2.09. The molecule has 0 unspecified atom stereocenters. The zero-order valence-electron chi connectivity index (χ0n) is 16.3. The summed E-state index contributed by atoms with van der Waals surface area (Å²) in [6.07, 6.45) is 4.00. The number of anilines is 3. The van der Waals surface area contributed by atoms with Gasteiger partial charge in [-0.3, -0.25) is 0 Å². The number of carboxylic acid groups (broad SMARTS) is 1. The lowest BCUT2D eigenvalue weighted by Gasteiger charge is -2.25. The fraction of sp³-hybridized carbons (Fsp3) is 0. The van der Waals surface area contributed by atoms with Gasteiger partial charge in [0, 0.05) is 17.1 Å². The fourth-order valence-corrected chi connectivity index (χ4v) is 3.27. The van der Waals surface area contributed by atoms with Gasteiger partial charge < -0.3 is 10.0 Å². The summed E-state index contributed by atoms with van der Waals surface area (Å²) >= 11 is 0. The fourth-order valence-electron chi connectivity index (χ4n) is 3.27. The summed E-state index contributed by atoms with van der Waals surface area (Å²) < 4.78 is 0. The van der Waals surface area contributed by atoms with Gasteiger partial charge in [0.15, 0.2) is 0 Å². The van der Waals surface area contributed by atoms with E-state index in [1.54, 1.807) is 24.3 Å². The standard InChI is InChI=1S/C27H21NO2/c29-27(30)23-17-13-21(14-18-23)11-12-22-15-19-26(20-16-22)28(24-7-3-1-4-8-24)25-9-5-2-6-10-25/h1-20H,(H,29,30). The van der Waals surface area contributed by atoms with Crippen molar-refractivity contribution in [1.29, 1.82) is 0 Å². The molecular formula is C27H21NO2. The second kappa shape index (κ2) is 8.93. The number of hydrogen-bond acceptors (Lipinski definition) is 2. The number of nitrogens with zero attached hydrogens (tertiary/aromatic N) is 1. The van der Waals surface area contributed by atoms with Crippen LogP contribution in [0.3, 0.4) is 0 Å². The van der Waals surface area contributed by atoms with Gasteiger partial charge in [-0.25, -0.2) is 4.79 Å². The van der Waals surface area contributed by atoms with Gasteiger partial charge in [-0.05, 0) is 59.7 Å². The topological polar surface area (TPSA) is 40.5 Å². The minimum Gasteiger partial charge on any atom is -0.478 e. The molecule has 0 aliphatic carbocycles. The Kier molecular flexibility index (Phi) is 5.72. The van der Waals surface area contributed by atoms with E-state index in [0.717, 1.165) is 28.2 Å². The predicted molar refractivity (Wildman–Crippen MR) is 123 cm³/mol. The molecular weight excluding hydrogens is 370 g/mol. The van der Waals surface area contributed by atoms with E-state index >= 15 is 0 Å². The van der Waals surface area contributed by atoms with Crippen LogP contribution in [0.25, 0.3) is 12.2 Å². The van der Waals surface area contributed by atoms with Crippen molar-refractivity contribution in [3.63, 3.8) is 0 Å². The van der Waals surface area contributed by atoms with Crippen LogP contribution in [0.2, 0.25) is 0 Å². The quantitative estimate of drug-likeness (QED) is 0.359. The van der Waals surface area contributed by atoms with Crippen molar-refractivity contribution in [2.75, 3.05) is 4.90 Å². The molecule has 0 bridgehead atoms. The summed E-state index contributed by atoms with van der Waals surface area (Å²) in [5.74, 6) is -0.914. The molecule has 3 nitrogen and oxygen atoms in total. The van der Waals surface area contributed by atoms with E-state index < -0.39 is 5.97 Å². The molecule has 4 aromatic carbocycles. The van der Waals surface area contributed by atoms with Gasteiger partial charge in [0.2, 0.25) is 0 Å². The maximum Gasteiger partial charge on any atom is 0.335 e. The lowest BCUT2D eigenvalue weighted by atomic mass is 10.1. The van der Waals surface area contributed by atoms with Crippen molar-refractivity contribution in [2.45, 2.75) is 0 Å². The number of aromatic carboxylic acids is 1. The number of hydrogen-bond donors (Lipinski definition) is 1. The molecule has 0 atom stereocenters. The molecule has 0 amide bonds. The zero-order chi connectivity index (χ0) is 20.8. The number of benzene rings is 4. The van der Waals surface area contributed by atoms with Gasteiger partial charge in [0.05, 0.1) is 5.56 Å². The highest BCUT2D eigenvalue weighted by molar-refractivity contribution is 5.88. The number of carbonyl (C=O) groups is 1. The molecule has 3 heteroatoms. The Labute approximate surface area is 176 Å². The minimum atomic E-state index is -0.914. The van der Waals surface area contributed by atoms with E-state index in [4.69, 9.17) is 5.11 Å². The molecule has 0 saturated heterocycles. The monoisotopic (exact) mass is 391 g/mol. The molecule has 0 spiro atoms. The predicted octanol–water partition coefficient (Wildman–Crippen LogP) is 7.03. The van der Waals surface area contributed by atoms with Crippen molar-refractivity contribution in [3.8, 4) is 0 Å². The van der Waals surface area contributed by atoms with Crippen LogP contribution in [-0.2, 0) is 0 Å². The Morgan fingerprint density at radius 2 is 0.967 bits per heavy atom. The molecule has 4 aromatic rings. The number of carboxylic acids is 1. The van der Waals surface area contributed by atoms with Crippen LogP contribution in [0, 0.1) is 0 Å². The maximum absolute atomic E-state index is 11.0. The summed E-state index contributed by atoms with van der Waals surface area (Å²) in [6.45, 7) is 0. The minimum absolute atomic E-state index is 0.290. The van der Waals surface area contributed by atoms with Crippen LogP contribution in [0.5, 0.6) is 0 Å². The normalized spacial score (nSPS) is 10.8.